The van der Waals surface area contributed by atoms with E-state index in [0.29, 0.717) is 18.3 Å². The van der Waals surface area contributed by atoms with Crippen LogP contribution in [0.15, 0.2) is 18.2 Å². The quantitative estimate of drug-likeness (QED) is 0.672. The fourth-order valence-corrected chi connectivity index (χ4v) is 2.43. The number of hydrogen-bond donors (Lipinski definition) is 1. The Morgan fingerprint density at radius 3 is 2.89 bits per heavy atom. The van der Waals surface area contributed by atoms with Crippen LogP contribution in [-0.2, 0) is 0 Å². The highest BCUT2D eigenvalue weighted by atomic mass is 19.1. The van der Waals surface area contributed by atoms with Gasteiger partial charge in [0.05, 0.1) is 16.7 Å². The minimum atomic E-state index is -0.588. The molecule has 1 aromatic carbocycles. The minimum absolute atomic E-state index is 0.217. The lowest BCUT2D eigenvalue weighted by molar-refractivity contribution is -0.385. The molecule has 1 aliphatic rings. The average molecular weight is 267 g/mol. The first-order chi connectivity index (χ1) is 9.08. The van der Waals surface area contributed by atoms with Crippen molar-refractivity contribution in [1.82, 2.24) is 5.32 Å². The summed E-state index contributed by atoms with van der Waals surface area (Å²) >= 11 is 0. The summed E-state index contributed by atoms with van der Waals surface area (Å²) < 4.78 is 13.8. The topological polar surface area (TPSA) is 58.4 Å². The van der Waals surface area contributed by atoms with Crippen LogP contribution < -0.4 is 10.2 Å². The Bertz CT molecular complexity index is 461. The smallest absolute Gasteiger partial charge is 0.272 e. The van der Waals surface area contributed by atoms with Gasteiger partial charge >= 0.3 is 0 Å². The molecule has 2 rings (SSSR count). The molecule has 1 aliphatic heterocycles. The molecule has 1 heterocycles. The third kappa shape index (κ3) is 3.41. The predicted molar refractivity (Wildman–Crippen MR) is 72.0 cm³/mol. The van der Waals surface area contributed by atoms with Gasteiger partial charge in [-0.3, -0.25) is 10.1 Å². The number of nitro groups is 1. The zero-order valence-electron chi connectivity index (χ0n) is 10.9. The first-order valence-corrected chi connectivity index (χ1v) is 6.46. The maximum Gasteiger partial charge on any atom is 0.272 e. The van der Waals surface area contributed by atoms with Gasteiger partial charge in [-0.2, -0.15) is 0 Å². The number of piperidine rings is 1. The molecule has 1 saturated heterocycles. The van der Waals surface area contributed by atoms with E-state index in [4.69, 9.17) is 0 Å². The van der Waals surface area contributed by atoms with Crippen LogP contribution in [0.1, 0.15) is 19.3 Å². The van der Waals surface area contributed by atoms with Gasteiger partial charge in [0, 0.05) is 25.7 Å². The third-order valence-electron chi connectivity index (χ3n) is 3.46. The van der Waals surface area contributed by atoms with Gasteiger partial charge in [0.1, 0.15) is 0 Å². The Balaban J connectivity index is 2.05. The van der Waals surface area contributed by atoms with Gasteiger partial charge in [-0.15, -0.1) is 0 Å². The number of benzene rings is 1. The second-order valence-corrected chi connectivity index (χ2v) is 4.92. The molecule has 0 radical (unpaired) electrons. The summed E-state index contributed by atoms with van der Waals surface area (Å²) in [5.74, 6) is -0.549. The number of nitrogens with one attached hydrogen (secondary N) is 1. The lowest BCUT2D eigenvalue weighted by atomic mass is 10.0. The molecule has 1 aromatic rings. The van der Waals surface area contributed by atoms with E-state index in [9.17, 15) is 14.5 Å². The Hall–Kier alpha value is -1.69. The molecule has 19 heavy (non-hydrogen) atoms. The second kappa shape index (κ2) is 5.97. The van der Waals surface area contributed by atoms with Crippen LogP contribution in [0.5, 0.6) is 0 Å². The van der Waals surface area contributed by atoms with Gasteiger partial charge < -0.3 is 10.2 Å². The Morgan fingerprint density at radius 1 is 1.53 bits per heavy atom. The maximum absolute atomic E-state index is 13.8. The van der Waals surface area contributed by atoms with Crippen molar-refractivity contribution in [2.24, 2.45) is 0 Å². The summed E-state index contributed by atoms with van der Waals surface area (Å²) in [5.41, 5.74) is 0.184. The van der Waals surface area contributed by atoms with E-state index in [-0.39, 0.29) is 5.69 Å². The van der Waals surface area contributed by atoms with Gasteiger partial charge in [0.15, 0.2) is 5.82 Å². The average Bonchev–Trinajstić information content (AvgIpc) is 2.39. The number of non-ortho nitro benzene ring substituents is 1. The van der Waals surface area contributed by atoms with Gasteiger partial charge in [0.25, 0.3) is 5.69 Å². The van der Waals surface area contributed by atoms with E-state index in [1.54, 1.807) is 7.05 Å². The van der Waals surface area contributed by atoms with Gasteiger partial charge in [-0.1, -0.05) is 6.42 Å². The molecule has 0 aromatic heterocycles. The summed E-state index contributed by atoms with van der Waals surface area (Å²) in [6.07, 6.45) is 3.46. The van der Waals surface area contributed by atoms with E-state index in [2.05, 4.69) is 5.32 Å². The van der Waals surface area contributed by atoms with Crippen LogP contribution in [0.4, 0.5) is 15.8 Å². The molecule has 5 nitrogen and oxygen atoms in total. The molecule has 0 bridgehead atoms. The highest BCUT2D eigenvalue weighted by Crippen LogP contribution is 2.23. The van der Waals surface area contributed by atoms with E-state index < -0.39 is 10.7 Å². The number of nitro benzene ring substituents is 1. The number of anilines is 1. The molecule has 104 valence electrons. The zero-order valence-corrected chi connectivity index (χ0v) is 10.9. The van der Waals surface area contributed by atoms with Crippen LogP contribution in [0, 0.1) is 15.9 Å². The van der Waals surface area contributed by atoms with Crippen molar-refractivity contribution in [1.29, 1.82) is 0 Å². The molecule has 0 spiro atoms. The minimum Gasteiger partial charge on any atom is -0.371 e. The van der Waals surface area contributed by atoms with E-state index in [1.807, 2.05) is 4.90 Å². The molecular weight excluding hydrogens is 249 g/mol. The van der Waals surface area contributed by atoms with Crippen molar-refractivity contribution in [3.63, 3.8) is 0 Å². The molecule has 0 amide bonds. The van der Waals surface area contributed by atoms with Gasteiger partial charge in [-0.25, -0.2) is 4.39 Å². The van der Waals surface area contributed by atoms with Crippen molar-refractivity contribution in [2.45, 2.75) is 25.3 Å². The van der Waals surface area contributed by atoms with Crippen molar-refractivity contribution in [3.8, 4) is 0 Å². The van der Waals surface area contributed by atoms with Crippen molar-refractivity contribution >= 4 is 11.4 Å². The highest BCUT2D eigenvalue weighted by molar-refractivity contribution is 5.51. The summed E-state index contributed by atoms with van der Waals surface area (Å²) in [7, 11) is 1.81. The zero-order chi connectivity index (χ0) is 13.8. The first kappa shape index (κ1) is 13.7. The lowest BCUT2D eigenvalue weighted by Gasteiger charge is -2.29. The molecule has 0 aliphatic carbocycles. The highest BCUT2D eigenvalue weighted by Gasteiger charge is 2.18. The van der Waals surface area contributed by atoms with Crippen LogP contribution in [0.2, 0.25) is 0 Å². The maximum atomic E-state index is 13.8. The van der Waals surface area contributed by atoms with Crippen molar-refractivity contribution in [3.05, 3.63) is 34.1 Å². The Kier molecular flexibility index (Phi) is 4.31. The molecular formula is C13H18FN3O2. The number of nitrogens with zero attached hydrogens (tertiary/aromatic N) is 2. The fraction of sp³-hybridized carbons (Fsp3) is 0.538. The van der Waals surface area contributed by atoms with Crippen LogP contribution in [-0.4, -0.2) is 31.1 Å². The predicted octanol–water partition coefficient (Wildman–Crippen LogP) is 2.31. The molecule has 1 fully saturated rings. The van der Waals surface area contributed by atoms with Crippen molar-refractivity contribution in [2.75, 3.05) is 25.0 Å². The van der Waals surface area contributed by atoms with Crippen molar-refractivity contribution < 1.29 is 9.31 Å². The van der Waals surface area contributed by atoms with E-state index >= 15 is 0 Å². The van der Waals surface area contributed by atoms with E-state index in [1.165, 1.54) is 25.0 Å². The van der Waals surface area contributed by atoms with Crippen LogP contribution in [0.3, 0.4) is 0 Å². The van der Waals surface area contributed by atoms with E-state index in [0.717, 1.165) is 19.0 Å². The Morgan fingerprint density at radius 2 is 2.32 bits per heavy atom. The standard InChI is InChI=1S/C13H18FN3O2/c1-16(9-10-4-2-3-7-15-10)13-6-5-11(17(18)19)8-12(13)14/h5-6,8,10,15H,2-4,7,9H2,1H3. The Labute approximate surface area is 111 Å². The number of rotatable bonds is 4. The SMILES string of the molecule is CN(CC1CCCCN1)c1ccc([N+](=O)[O-])cc1F. The van der Waals surface area contributed by atoms with Crippen LogP contribution in [0.25, 0.3) is 0 Å². The molecule has 1 N–H and O–H groups in total. The number of halogens is 1. The second-order valence-electron chi connectivity index (χ2n) is 4.92. The summed E-state index contributed by atoms with van der Waals surface area (Å²) in [6.45, 7) is 1.70. The number of hydrogen-bond acceptors (Lipinski definition) is 4. The van der Waals surface area contributed by atoms with Gasteiger partial charge in [-0.05, 0) is 25.5 Å². The molecule has 1 unspecified atom stereocenters. The lowest BCUT2D eigenvalue weighted by Crippen LogP contribution is -2.42. The largest absolute Gasteiger partial charge is 0.371 e. The normalized spacial score (nSPS) is 19.2. The third-order valence-corrected chi connectivity index (χ3v) is 3.46. The monoisotopic (exact) mass is 267 g/mol. The summed E-state index contributed by atoms with van der Waals surface area (Å²) in [5, 5.41) is 14.0. The molecule has 6 heteroatoms. The first-order valence-electron chi connectivity index (χ1n) is 6.46. The summed E-state index contributed by atoms with van der Waals surface area (Å²) in [6, 6.07) is 4.13. The molecule has 0 saturated carbocycles. The fourth-order valence-electron chi connectivity index (χ4n) is 2.43. The number of likely N-dealkylation sites (N-methyl/N-ethyl adjacent to an activating group) is 1. The van der Waals surface area contributed by atoms with Crippen LogP contribution >= 0.6 is 0 Å². The van der Waals surface area contributed by atoms with Gasteiger partial charge in [0.2, 0.25) is 0 Å². The molecule has 1 atom stereocenters. The summed E-state index contributed by atoms with van der Waals surface area (Å²) in [4.78, 5) is 11.8.